The topological polar surface area (TPSA) is 55.6 Å². The fourth-order valence-corrected chi connectivity index (χ4v) is 1.86. The van der Waals surface area contributed by atoms with Gasteiger partial charge in [-0.05, 0) is 26.8 Å². The summed E-state index contributed by atoms with van der Waals surface area (Å²) >= 11 is 0. The molecule has 1 aliphatic heterocycles. The second-order valence-electron chi connectivity index (χ2n) is 3.78. The lowest BCUT2D eigenvalue weighted by molar-refractivity contribution is -0.149. The average Bonchev–Trinajstić information content (AvgIpc) is 2.10. The van der Waals surface area contributed by atoms with Gasteiger partial charge in [0.1, 0.15) is 6.04 Å². The maximum atomic E-state index is 11.3. The zero-order valence-electron chi connectivity index (χ0n) is 8.49. The molecule has 1 aliphatic rings. The van der Waals surface area contributed by atoms with E-state index in [1.165, 1.54) is 7.11 Å². The number of likely N-dealkylation sites (tertiary alicyclic amines) is 1. The molecule has 1 fully saturated rings. The lowest BCUT2D eigenvalue weighted by Crippen LogP contribution is -2.53. The number of piperidine rings is 1. The molecule has 0 aromatic rings. The Morgan fingerprint density at radius 1 is 1.54 bits per heavy atom. The molecule has 1 heterocycles. The van der Waals surface area contributed by atoms with E-state index < -0.39 is 0 Å². The van der Waals surface area contributed by atoms with E-state index in [-0.39, 0.29) is 18.1 Å². The fraction of sp³-hybridized carbons (Fsp3) is 0.889. The van der Waals surface area contributed by atoms with E-state index in [4.69, 9.17) is 10.5 Å². The molecule has 13 heavy (non-hydrogen) atoms. The molecule has 0 bridgehead atoms. The second kappa shape index (κ2) is 4.07. The largest absolute Gasteiger partial charge is 0.468 e. The van der Waals surface area contributed by atoms with Gasteiger partial charge in [-0.25, -0.2) is 0 Å². The monoisotopic (exact) mass is 186 g/mol. The Labute approximate surface area is 79.0 Å². The molecule has 3 atom stereocenters. The Hall–Kier alpha value is -0.610. The van der Waals surface area contributed by atoms with Crippen molar-refractivity contribution < 1.29 is 9.53 Å². The first-order valence-electron chi connectivity index (χ1n) is 4.61. The maximum Gasteiger partial charge on any atom is 0.323 e. The Kier molecular flexibility index (Phi) is 3.27. The van der Waals surface area contributed by atoms with Crippen molar-refractivity contribution in [2.45, 2.75) is 37.9 Å². The first-order chi connectivity index (χ1) is 6.06. The third-order valence-corrected chi connectivity index (χ3v) is 2.83. The Balaban J connectivity index is 2.66. The Bertz CT molecular complexity index is 196. The van der Waals surface area contributed by atoms with Crippen LogP contribution in [0.15, 0.2) is 0 Å². The number of carbonyl (C=O) groups is 1. The van der Waals surface area contributed by atoms with Gasteiger partial charge in [-0.1, -0.05) is 0 Å². The van der Waals surface area contributed by atoms with Crippen molar-refractivity contribution in [3.05, 3.63) is 0 Å². The van der Waals surface area contributed by atoms with Gasteiger partial charge >= 0.3 is 5.97 Å². The van der Waals surface area contributed by atoms with Crippen LogP contribution in [-0.4, -0.2) is 43.2 Å². The summed E-state index contributed by atoms with van der Waals surface area (Å²) in [5.74, 6) is -0.176. The quantitative estimate of drug-likeness (QED) is 0.584. The van der Waals surface area contributed by atoms with Crippen LogP contribution < -0.4 is 5.73 Å². The minimum absolute atomic E-state index is 0.121. The van der Waals surface area contributed by atoms with E-state index in [1.54, 1.807) is 0 Å². The predicted molar refractivity (Wildman–Crippen MR) is 50.2 cm³/mol. The third kappa shape index (κ3) is 2.19. The average molecular weight is 186 g/mol. The van der Waals surface area contributed by atoms with Gasteiger partial charge in [0.2, 0.25) is 0 Å². The first-order valence-corrected chi connectivity index (χ1v) is 4.61. The van der Waals surface area contributed by atoms with Crippen molar-refractivity contribution in [2.24, 2.45) is 5.73 Å². The van der Waals surface area contributed by atoms with Crippen LogP contribution in [0.5, 0.6) is 0 Å². The smallest absolute Gasteiger partial charge is 0.323 e. The molecule has 0 aromatic carbocycles. The summed E-state index contributed by atoms with van der Waals surface area (Å²) in [6.07, 6.45) is 1.65. The minimum Gasteiger partial charge on any atom is -0.468 e. The Morgan fingerprint density at radius 3 is 2.69 bits per heavy atom. The van der Waals surface area contributed by atoms with Gasteiger partial charge in [0, 0.05) is 12.1 Å². The van der Waals surface area contributed by atoms with Crippen LogP contribution in [-0.2, 0) is 9.53 Å². The van der Waals surface area contributed by atoms with Gasteiger partial charge in [-0.3, -0.25) is 9.69 Å². The van der Waals surface area contributed by atoms with Gasteiger partial charge in [0.15, 0.2) is 0 Å². The van der Waals surface area contributed by atoms with Crippen LogP contribution in [0.4, 0.5) is 0 Å². The molecule has 0 aliphatic carbocycles. The number of esters is 1. The molecule has 0 amide bonds. The molecule has 2 N–H and O–H groups in total. The van der Waals surface area contributed by atoms with Crippen LogP contribution in [0.2, 0.25) is 0 Å². The molecule has 2 unspecified atom stereocenters. The molecule has 4 nitrogen and oxygen atoms in total. The van der Waals surface area contributed by atoms with Crippen LogP contribution in [0, 0.1) is 0 Å². The number of nitrogens with two attached hydrogens (primary N) is 1. The third-order valence-electron chi connectivity index (χ3n) is 2.83. The number of carbonyl (C=O) groups excluding carboxylic acids is 1. The van der Waals surface area contributed by atoms with Crippen molar-refractivity contribution in [1.29, 1.82) is 0 Å². The maximum absolute atomic E-state index is 11.3. The van der Waals surface area contributed by atoms with E-state index >= 15 is 0 Å². The second-order valence-corrected chi connectivity index (χ2v) is 3.78. The van der Waals surface area contributed by atoms with Crippen LogP contribution in [0.25, 0.3) is 0 Å². The van der Waals surface area contributed by atoms with Crippen LogP contribution >= 0.6 is 0 Å². The number of hydrogen-bond acceptors (Lipinski definition) is 4. The van der Waals surface area contributed by atoms with Gasteiger partial charge in [0.05, 0.1) is 7.11 Å². The summed E-state index contributed by atoms with van der Waals surface area (Å²) in [4.78, 5) is 13.4. The summed E-state index contributed by atoms with van der Waals surface area (Å²) in [5.41, 5.74) is 5.84. The SMILES string of the molecule is COC(=O)[C@@H]1CC(N)CC(C)N1C. The van der Waals surface area contributed by atoms with E-state index in [0.29, 0.717) is 12.5 Å². The molecule has 1 saturated heterocycles. The summed E-state index contributed by atoms with van der Waals surface area (Å²) < 4.78 is 4.72. The number of ether oxygens (including phenoxy) is 1. The van der Waals surface area contributed by atoms with E-state index in [2.05, 4.69) is 6.92 Å². The lowest BCUT2D eigenvalue weighted by Gasteiger charge is -2.38. The number of nitrogens with zero attached hydrogens (tertiary/aromatic N) is 1. The molecule has 0 spiro atoms. The molecule has 4 heteroatoms. The minimum atomic E-state index is -0.176. The molecule has 0 aromatic heterocycles. The number of methoxy groups -OCH3 is 1. The molecular weight excluding hydrogens is 168 g/mol. The number of likely N-dealkylation sites (N-methyl/N-ethyl adjacent to an activating group) is 1. The Morgan fingerprint density at radius 2 is 2.15 bits per heavy atom. The highest BCUT2D eigenvalue weighted by Crippen LogP contribution is 2.20. The van der Waals surface area contributed by atoms with Crippen molar-refractivity contribution in [1.82, 2.24) is 4.90 Å². The van der Waals surface area contributed by atoms with Crippen molar-refractivity contribution in [2.75, 3.05) is 14.2 Å². The zero-order chi connectivity index (χ0) is 10.0. The van der Waals surface area contributed by atoms with Crippen LogP contribution in [0.3, 0.4) is 0 Å². The highest BCUT2D eigenvalue weighted by Gasteiger charge is 2.34. The number of hydrogen-bond donors (Lipinski definition) is 1. The fourth-order valence-electron chi connectivity index (χ4n) is 1.86. The van der Waals surface area contributed by atoms with Crippen LogP contribution in [0.1, 0.15) is 19.8 Å². The highest BCUT2D eigenvalue weighted by molar-refractivity contribution is 5.75. The van der Waals surface area contributed by atoms with Gasteiger partial charge in [-0.15, -0.1) is 0 Å². The van der Waals surface area contributed by atoms with E-state index in [9.17, 15) is 4.79 Å². The zero-order valence-corrected chi connectivity index (χ0v) is 8.49. The summed E-state index contributed by atoms with van der Waals surface area (Å²) in [5, 5.41) is 0. The summed E-state index contributed by atoms with van der Waals surface area (Å²) in [6, 6.07) is 0.312. The predicted octanol–water partition coefficient (Wildman–Crippen LogP) is -0.0306. The molecular formula is C9H18N2O2. The van der Waals surface area contributed by atoms with Crippen molar-refractivity contribution >= 4 is 5.97 Å². The highest BCUT2D eigenvalue weighted by atomic mass is 16.5. The molecule has 0 radical (unpaired) electrons. The summed E-state index contributed by atoms with van der Waals surface area (Å²) in [6.45, 7) is 2.08. The van der Waals surface area contributed by atoms with Crippen molar-refractivity contribution in [3.8, 4) is 0 Å². The van der Waals surface area contributed by atoms with Gasteiger partial charge in [0.25, 0.3) is 0 Å². The normalized spacial score (nSPS) is 35.8. The van der Waals surface area contributed by atoms with Gasteiger partial charge in [-0.2, -0.15) is 0 Å². The van der Waals surface area contributed by atoms with Crippen molar-refractivity contribution in [3.63, 3.8) is 0 Å². The summed E-state index contributed by atoms with van der Waals surface area (Å²) in [7, 11) is 3.36. The first kappa shape index (κ1) is 10.5. The molecule has 0 saturated carbocycles. The molecule has 1 rings (SSSR count). The number of rotatable bonds is 1. The van der Waals surface area contributed by atoms with E-state index in [1.807, 2.05) is 11.9 Å². The lowest BCUT2D eigenvalue weighted by atomic mass is 9.93. The standard InChI is InChI=1S/C9H18N2O2/c1-6-4-7(10)5-8(11(6)2)9(12)13-3/h6-8H,4-5,10H2,1-3H3/t6?,7?,8-/m0/s1. The van der Waals surface area contributed by atoms with E-state index in [0.717, 1.165) is 6.42 Å². The molecule has 76 valence electrons. The van der Waals surface area contributed by atoms with Gasteiger partial charge < -0.3 is 10.5 Å².